The molecule has 0 aliphatic carbocycles. The average Bonchev–Trinajstić information content (AvgIpc) is 3.31. The van der Waals surface area contributed by atoms with Crippen LogP contribution in [0.1, 0.15) is 24.0 Å². The van der Waals surface area contributed by atoms with Crippen LogP contribution in [0, 0.1) is 6.92 Å². The van der Waals surface area contributed by atoms with Gasteiger partial charge in [0.05, 0.1) is 18.9 Å². The van der Waals surface area contributed by atoms with Crippen LogP contribution in [0.5, 0.6) is 0 Å². The van der Waals surface area contributed by atoms with Gasteiger partial charge in [0.1, 0.15) is 5.25 Å². The maximum Gasteiger partial charge on any atom is 0.268 e. The highest BCUT2D eigenvalue weighted by atomic mass is 32.2. The molecular formula is C20H21N3O3S. The number of amides is 1. The zero-order chi connectivity index (χ0) is 18.4. The summed E-state index contributed by atoms with van der Waals surface area (Å²) in [7, 11) is 0. The summed E-state index contributed by atoms with van der Waals surface area (Å²) in [6.07, 6.45) is 1.54. The minimum atomic E-state index is -0.443. The van der Waals surface area contributed by atoms with E-state index in [-0.39, 0.29) is 11.2 Å². The molecule has 4 heterocycles. The molecule has 1 atom stereocenters. The van der Waals surface area contributed by atoms with E-state index in [1.165, 1.54) is 17.3 Å². The molecule has 1 spiro atoms. The van der Waals surface area contributed by atoms with E-state index in [9.17, 15) is 4.79 Å². The SMILES string of the molecule is Cc1ccc(C2=CSC3C(=O)N=C(N4CCC5(CC4)OCCO5)N=C23)cc1. The minimum absolute atomic E-state index is 0.119. The molecule has 27 heavy (non-hydrogen) atoms. The van der Waals surface area contributed by atoms with Crippen molar-refractivity contribution < 1.29 is 14.3 Å². The van der Waals surface area contributed by atoms with Crippen LogP contribution in [0.25, 0.3) is 5.57 Å². The Kier molecular flexibility index (Phi) is 4.18. The fourth-order valence-electron chi connectivity index (χ4n) is 3.91. The average molecular weight is 383 g/mol. The lowest BCUT2D eigenvalue weighted by atomic mass is 9.99. The summed E-state index contributed by atoms with van der Waals surface area (Å²) < 4.78 is 11.6. The molecule has 2 saturated heterocycles. The molecule has 0 radical (unpaired) electrons. The predicted molar refractivity (Wildman–Crippen MR) is 106 cm³/mol. The third kappa shape index (κ3) is 3.03. The maximum atomic E-state index is 12.6. The zero-order valence-electron chi connectivity index (χ0n) is 15.2. The second-order valence-electron chi connectivity index (χ2n) is 7.26. The third-order valence-electron chi connectivity index (χ3n) is 5.49. The Morgan fingerprint density at radius 3 is 2.52 bits per heavy atom. The standard InChI is InChI=1S/C20H21N3O3S/c1-13-2-4-14(5-3-13)15-12-27-17-16(15)21-19(22-18(17)24)23-8-6-20(7-9-23)25-10-11-26-20/h2-5,12,17H,6-11H2,1H3. The molecule has 140 valence electrons. The number of carbonyl (C=O) groups is 1. The van der Waals surface area contributed by atoms with Crippen LogP contribution < -0.4 is 0 Å². The molecule has 0 saturated carbocycles. The van der Waals surface area contributed by atoms with Crippen LogP contribution in [0.2, 0.25) is 0 Å². The number of allylic oxidation sites excluding steroid dienone is 1. The maximum absolute atomic E-state index is 12.6. The van der Waals surface area contributed by atoms with Gasteiger partial charge in [0.15, 0.2) is 5.79 Å². The van der Waals surface area contributed by atoms with Crippen LogP contribution in [0.3, 0.4) is 0 Å². The topological polar surface area (TPSA) is 63.5 Å². The minimum Gasteiger partial charge on any atom is -0.347 e. The number of rotatable bonds is 1. The highest BCUT2D eigenvalue weighted by Crippen LogP contribution is 2.37. The summed E-state index contributed by atoms with van der Waals surface area (Å²) in [5.74, 6) is -0.0340. The smallest absolute Gasteiger partial charge is 0.268 e. The fourth-order valence-corrected chi connectivity index (χ4v) is 4.92. The number of carbonyl (C=O) groups excluding carboxylic acids is 1. The molecule has 4 aliphatic heterocycles. The molecule has 7 heteroatoms. The Bertz CT molecular complexity index is 859. The van der Waals surface area contributed by atoms with Crippen molar-refractivity contribution in [1.29, 1.82) is 0 Å². The monoisotopic (exact) mass is 383 g/mol. The number of hydrogen-bond acceptors (Lipinski definition) is 6. The largest absolute Gasteiger partial charge is 0.347 e. The Hall–Kier alpha value is -1.96. The number of aryl methyl sites for hydroxylation is 1. The van der Waals surface area contributed by atoms with E-state index >= 15 is 0 Å². The van der Waals surface area contributed by atoms with Gasteiger partial charge in [0.2, 0.25) is 5.96 Å². The van der Waals surface area contributed by atoms with Gasteiger partial charge in [-0.1, -0.05) is 29.8 Å². The van der Waals surface area contributed by atoms with Gasteiger partial charge in [-0.25, -0.2) is 4.99 Å². The molecule has 0 aromatic heterocycles. The molecule has 0 bridgehead atoms. The number of thioether (sulfide) groups is 1. The summed E-state index contributed by atoms with van der Waals surface area (Å²) >= 11 is 1.50. The fraction of sp³-hybridized carbons (Fsp3) is 0.450. The number of piperidine rings is 1. The number of hydrogen-bond donors (Lipinski definition) is 0. The normalized spacial score (nSPS) is 26.7. The highest BCUT2D eigenvalue weighted by Gasteiger charge is 2.42. The van der Waals surface area contributed by atoms with E-state index in [4.69, 9.17) is 14.5 Å². The van der Waals surface area contributed by atoms with Crippen molar-refractivity contribution in [2.75, 3.05) is 26.3 Å². The van der Waals surface area contributed by atoms with Gasteiger partial charge in [-0.2, -0.15) is 4.99 Å². The number of aliphatic imine (C=N–C) groups is 2. The van der Waals surface area contributed by atoms with Crippen LogP contribution in [0.15, 0.2) is 39.7 Å². The Morgan fingerprint density at radius 1 is 1.11 bits per heavy atom. The molecule has 2 fully saturated rings. The van der Waals surface area contributed by atoms with Crippen molar-refractivity contribution in [3.05, 3.63) is 40.8 Å². The Labute approximate surface area is 162 Å². The van der Waals surface area contributed by atoms with Gasteiger partial charge in [-0.3, -0.25) is 4.79 Å². The number of ether oxygens (including phenoxy) is 2. The van der Waals surface area contributed by atoms with E-state index in [0.717, 1.165) is 42.8 Å². The van der Waals surface area contributed by atoms with Crippen molar-refractivity contribution in [2.24, 2.45) is 9.98 Å². The highest BCUT2D eigenvalue weighted by molar-refractivity contribution is 8.05. The van der Waals surface area contributed by atoms with Crippen molar-refractivity contribution in [3.8, 4) is 0 Å². The van der Waals surface area contributed by atoms with Crippen molar-refractivity contribution >= 4 is 34.9 Å². The Balaban J connectivity index is 1.39. The summed E-state index contributed by atoms with van der Waals surface area (Å²) in [6, 6.07) is 8.34. The number of likely N-dealkylation sites (tertiary alicyclic amines) is 1. The van der Waals surface area contributed by atoms with Gasteiger partial charge in [-0.05, 0) is 17.9 Å². The van der Waals surface area contributed by atoms with Crippen LogP contribution >= 0.6 is 11.8 Å². The first-order valence-electron chi connectivity index (χ1n) is 9.31. The number of guanidine groups is 1. The van der Waals surface area contributed by atoms with Crippen molar-refractivity contribution in [1.82, 2.24) is 4.90 Å². The third-order valence-corrected chi connectivity index (χ3v) is 6.55. The van der Waals surface area contributed by atoms with Gasteiger partial charge >= 0.3 is 0 Å². The lowest BCUT2D eigenvalue weighted by Crippen LogP contribution is -2.48. The number of fused-ring (bicyclic) bond motifs is 1. The van der Waals surface area contributed by atoms with Crippen LogP contribution in [-0.2, 0) is 14.3 Å². The second kappa shape index (κ2) is 6.58. The van der Waals surface area contributed by atoms with E-state index in [0.29, 0.717) is 19.2 Å². The zero-order valence-corrected chi connectivity index (χ0v) is 16.0. The van der Waals surface area contributed by atoms with Gasteiger partial charge < -0.3 is 14.4 Å². The Morgan fingerprint density at radius 2 is 1.81 bits per heavy atom. The first kappa shape index (κ1) is 17.2. The predicted octanol–water partition coefficient (Wildman–Crippen LogP) is 2.63. The first-order chi connectivity index (χ1) is 13.1. The number of benzene rings is 1. The molecule has 4 aliphatic rings. The van der Waals surface area contributed by atoms with Gasteiger partial charge in [-0.15, -0.1) is 11.8 Å². The summed E-state index contributed by atoms with van der Waals surface area (Å²) in [5, 5.41) is 1.72. The van der Waals surface area contributed by atoms with Crippen molar-refractivity contribution in [2.45, 2.75) is 30.8 Å². The lowest BCUT2D eigenvalue weighted by Gasteiger charge is -2.38. The summed E-state index contributed by atoms with van der Waals surface area (Å²) in [4.78, 5) is 23.8. The molecule has 1 unspecified atom stereocenters. The quantitative estimate of drug-likeness (QED) is 0.746. The van der Waals surface area contributed by atoms with E-state index in [1.807, 2.05) is 5.41 Å². The van der Waals surface area contributed by atoms with E-state index in [1.54, 1.807) is 0 Å². The molecule has 1 amide bonds. The molecular weight excluding hydrogens is 362 g/mol. The molecule has 5 rings (SSSR count). The second-order valence-corrected chi connectivity index (χ2v) is 8.23. The molecule has 1 aromatic rings. The van der Waals surface area contributed by atoms with Crippen molar-refractivity contribution in [3.63, 3.8) is 0 Å². The van der Waals surface area contributed by atoms with Gasteiger partial charge in [0, 0.05) is 31.5 Å². The summed E-state index contributed by atoms with van der Waals surface area (Å²) in [5.41, 5.74) is 4.16. The van der Waals surface area contributed by atoms with Gasteiger partial charge in [0.25, 0.3) is 5.91 Å². The summed E-state index contributed by atoms with van der Waals surface area (Å²) in [6.45, 7) is 4.84. The van der Waals surface area contributed by atoms with Crippen LogP contribution in [0.4, 0.5) is 0 Å². The molecule has 1 aromatic carbocycles. The number of nitrogens with zero attached hydrogens (tertiary/aromatic N) is 3. The van der Waals surface area contributed by atoms with E-state index < -0.39 is 5.79 Å². The van der Waals surface area contributed by atoms with E-state index in [2.05, 4.69) is 41.1 Å². The first-order valence-corrected chi connectivity index (χ1v) is 10.2. The molecule has 0 N–H and O–H groups in total. The molecule has 6 nitrogen and oxygen atoms in total. The lowest BCUT2D eigenvalue weighted by molar-refractivity contribution is -0.180. The van der Waals surface area contributed by atoms with Crippen LogP contribution in [-0.4, -0.2) is 59.8 Å².